The van der Waals surface area contributed by atoms with E-state index in [1.165, 1.54) is 10.5 Å². The Kier molecular flexibility index (Phi) is 4.07. The fourth-order valence-corrected chi connectivity index (χ4v) is 1.54. The molecular weight excluding hydrogens is 230 g/mol. The first-order chi connectivity index (χ1) is 8.66. The molecule has 2 aromatic rings. The van der Waals surface area contributed by atoms with Crippen molar-refractivity contribution in [2.45, 2.75) is 20.4 Å². The standard InChI is InChI=1S/C13H17N3O2/c1-10(2)9-18-14-8-11-7-13(17)16-6-4-3-5-12(16)15-11/h3-7,10,14H,8-9H2,1-2H3. The second kappa shape index (κ2) is 5.75. The second-order valence-corrected chi connectivity index (χ2v) is 4.54. The highest BCUT2D eigenvalue weighted by atomic mass is 16.6. The lowest BCUT2D eigenvalue weighted by Crippen LogP contribution is -2.21. The quantitative estimate of drug-likeness (QED) is 0.640. The molecule has 5 nitrogen and oxygen atoms in total. The van der Waals surface area contributed by atoms with Gasteiger partial charge in [-0.15, -0.1) is 0 Å². The van der Waals surface area contributed by atoms with Crippen LogP contribution in [0.2, 0.25) is 0 Å². The predicted molar refractivity (Wildman–Crippen MR) is 69.1 cm³/mol. The van der Waals surface area contributed by atoms with Crippen LogP contribution in [0.5, 0.6) is 0 Å². The maximum absolute atomic E-state index is 11.8. The summed E-state index contributed by atoms with van der Waals surface area (Å²) in [7, 11) is 0. The molecule has 0 amide bonds. The van der Waals surface area contributed by atoms with Crippen LogP contribution in [0, 0.1) is 5.92 Å². The smallest absolute Gasteiger partial charge is 0.258 e. The number of hydroxylamine groups is 1. The van der Waals surface area contributed by atoms with Gasteiger partial charge in [0, 0.05) is 12.3 Å². The molecular formula is C13H17N3O2. The molecule has 18 heavy (non-hydrogen) atoms. The van der Waals surface area contributed by atoms with Crippen molar-refractivity contribution in [2.24, 2.45) is 5.92 Å². The molecule has 96 valence electrons. The fourth-order valence-electron chi connectivity index (χ4n) is 1.54. The van der Waals surface area contributed by atoms with Gasteiger partial charge in [-0.25, -0.2) is 4.98 Å². The van der Waals surface area contributed by atoms with Crippen LogP contribution in [0.4, 0.5) is 0 Å². The van der Waals surface area contributed by atoms with Gasteiger partial charge in [-0.05, 0) is 18.1 Å². The number of nitrogens with one attached hydrogen (secondary N) is 1. The zero-order valence-electron chi connectivity index (χ0n) is 10.6. The van der Waals surface area contributed by atoms with Crippen LogP contribution in [0.3, 0.4) is 0 Å². The van der Waals surface area contributed by atoms with Crippen LogP contribution >= 0.6 is 0 Å². The summed E-state index contributed by atoms with van der Waals surface area (Å²) in [6.45, 7) is 5.20. The molecule has 2 aromatic heterocycles. The van der Waals surface area contributed by atoms with Gasteiger partial charge in [-0.2, -0.15) is 5.48 Å². The third-order valence-corrected chi connectivity index (χ3v) is 2.40. The first-order valence-electron chi connectivity index (χ1n) is 5.99. The van der Waals surface area contributed by atoms with Crippen molar-refractivity contribution in [3.05, 3.63) is 46.5 Å². The maximum Gasteiger partial charge on any atom is 0.258 e. The van der Waals surface area contributed by atoms with Crippen LogP contribution in [-0.4, -0.2) is 16.0 Å². The summed E-state index contributed by atoms with van der Waals surface area (Å²) in [6, 6.07) is 6.98. The van der Waals surface area contributed by atoms with Crippen LogP contribution in [0.1, 0.15) is 19.5 Å². The molecule has 0 aliphatic heterocycles. The highest BCUT2D eigenvalue weighted by molar-refractivity contribution is 5.37. The third kappa shape index (κ3) is 3.15. The van der Waals surface area contributed by atoms with Gasteiger partial charge in [0.25, 0.3) is 5.56 Å². The first-order valence-corrected chi connectivity index (χ1v) is 5.99. The van der Waals surface area contributed by atoms with Crippen molar-refractivity contribution in [1.29, 1.82) is 0 Å². The summed E-state index contributed by atoms with van der Waals surface area (Å²) >= 11 is 0. The largest absolute Gasteiger partial charge is 0.301 e. The topological polar surface area (TPSA) is 55.6 Å². The molecule has 5 heteroatoms. The minimum atomic E-state index is -0.0822. The molecule has 0 atom stereocenters. The summed E-state index contributed by atoms with van der Waals surface area (Å²) in [6.07, 6.45) is 1.71. The van der Waals surface area contributed by atoms with Crippen molar-refractivity contribution >= 4 is 5.65 Å². The molecule has 2 heterocycles. The van der Waals surface area contributed by atoms with Crippen molar-refractivity contribution in [3.8, 4) is 0 Å². The Bertz CT molecular complexity index is 578. The van der Waals surface area contributed by atoms with E-state index in [2.05, 4.69) is 24.3 Å². The van der Waals surface area contributed by atoms with Crippen LogP contribution in [0.15, 0.2) is 35.3 Å². The molecule has 0 aromatic carbocycles. The number of fused-ring (bicyclic) bond motifs is 1. The Labute approximate surface area is 105 Å². The zero-order chi connectivity index (χ0) is 13.0. The van der Waals surface area contributed by atoms with Crippen molar-refractivity contribution in [2.75, 3.05) is 6.61 Å². The van der Waals surface area contributed by atoms with Crippen LogP contribution in [0.25, 0.3) is 5.65 Å². The van der Waals surface area contributed by atoms with E-state index in [1.807, 2.05) is 6.07 Å². The number of rotatable bonds is 5. The van der Waals surface area contributed by atoms with Crippen molar-refractivity contribution in [1.82, 2.24) is 14.9 Å². The van der Waals surface area contributed by atoms with E-state index >= 15 is 0 Å². The first kappa shape index (κ1) is 12.7. The summed E-state index contributed by atoms with van der Waals surface area (Å²) < 4.78 is 1.51. The summed E-state index contributed by atoms with van der Waals surface area (Å²) in [4.78, 5) is 21.4. The average molecular weight is 247 g/mol. The molecule has 0 saturated carbocycles. The molecule has 0 radical (unpaired) electrons. The van der Waals surface area contributed by atoms with E-state index in [9.17, 15) is 4.79 Å². The molecule has 0 aliphatic carbocycles. The Balaban J connectivity index is 2.08. The Morgan fingerprint density at radius 2 is 2.28 bits per heavy atom. The zero-order valence-corrected chi connectivity index (χ0v) is 10.6. The highest BCUT2D eigenvalue weighted by Crippen LogP contribution is 1.98. The van der Waals surface area contributed by atoms with Gasteiger partial charge in [-0.1, -0.05) is 19.9 Å². The van der Waals surface area contributed by atoms with Gasteiger partial charge in [0.2, 0.25) is 0 Å². The molecule has 1 N–H and O–H groups in total. The van der Waals surface area contributed by atoms with Gasteiger partial charge in [0.15, 0.2) is 0 Å². The molecule has 0 fully saturated rings. The summed E-state index contributed by atoms with van der Waals surface area (Å²) in [5.41, 5.74) is 4.05. The van der Waals surface area contributed by atoms with E-state index in [-0.39, 0.29) is 5.56 Å². The minimum absolute atomic E-state index is 0.0822. The number of hydrogen-bond acceptors (Lipinski definition) is 4. The molecule has 0 spiro atoms. The van der Waals surface area contributed by atoms with Crippen LogP contribution < -0.4 is 11.0 Å². The van der Waals surface area contributed by atoms with Gasteiger partial charge in [0.05, 0.1) is 18.8 Å². The highest BCUT2D eigenvalue weighted by Gasteiger charge is 2.01. The van der Waals surface area contributed by atoms with Gasteiger partial charge >= 0.3 is 0 Å². The lowest BCUT2D eigenvalue weighted by molar-refractivity contribution is 0.0190. The van der Waals surface area contributed by atoms with Crippen molar-refractivity contribution < 1.29 is 4.84 Å². The Hall–Kier alpha value is -1.72. The molecule has 0 bridgehead atoms. The van der Waals surface area contributed by atoms with Gasteiger partial charge in [-0.3, -0.25) is 9.20 Å². The lowest BCUT2D eigenvalue weighted by Gasteiger charge is -2.08. The lowest BCUT2D eigenvalue weighted by atomic mass is 10.2. The van der Waals surface area contributed by atoms with E-state index in [4.69, 9.17) is 4.84 Å². The average Bonchev–Trinajstić information content (AvgIpc) is 2.35. The number of hydrogen-bond donors (Lipinski definition) is 1. The molecule has 0 aliphatic rings. The summed E-state index contributed by atoms with van der Waals surface area (Å²) in [5.74, 6) is 0.465. The number of pyridine rings is 1. The van der Waals surface area contributed by atoms with Gasteiger partial charge < -0.3 is 4.84 Å². The predicted octanol–water partition coefficient (Wildman–Crippen LogP) is 1.37. The van der Waals surface area contributed by atoms with E-state index in [0.717, 1.165) is 0 Å². The maximum atomic E-state index is 11.8. The minimum Gasteiger partial charge on any atom is -0.301 e. The van der Waals surface area contributed by atoms with E-state index < -0.39 is 0 Å². The SMILES string of the molecule is CC(C)CONCc1cc(=O)n2ccccc2n1. The monoisotopic (exact) mass is 247 g/mol. The normalized spacial score (nSPS) is 11.3. The molecule has 0 unspecified atom stereocenters. The number of nitrogens with zero attached hydrogens (tertiary/aromatic N) is 2. The van der Waals surface area contributed by atoms with Gasteiger partial charge in [0.1, 0.15) is 5.65 Å². The molecule has 0 saturated heterocycles. The van der Waals surface area contributed by atoms with Crippen molar-refractivity contribution in [3.63, 3.8) is 0 Å². The fraction of sp³-hybridized carbons (Fsp3) is 0.385. The second-order valence-electron chi connectivity index (χ2n) is 4.54. The van der Waals surface area contributed by atoms with E-state index in [0.29, 0.717) is 30.4 Å². The Morgan fingerprint density at radius 1 is 1.44 bits per heavy atom. The summed E-state index contributed by atoms with van der Waals surface area (Å²) in [5, 5.41) is 0. The van der Waals surface area contributed by atoms with E-state index in [1.54, 1.807) is 18.3 Å². The molecule has 2 rings (SSSR count). The number of aromatic nitrogens is 2. The third-order valence-electron chi connectivity index (χ3n) is 2.40. The van der Waals surface area contributed by atoms with Crippen LogP contribution in [-0.2, 0) is 11.4 Å². The Morgan fingerprint density at radius 3 is 3.06 bits per heavy atom.